The van der Waals surface area contributed by atoms with Crippen molar-refractivity contribution in [3.05, 3.63) is 29.7 Å². The van der Waals surface area contributed by atoms with Crippen LogP contribution in [-0.2, 0) is 0 Å². The van der Waals surface area contributed by atoms with Crippen molar-refractivity contribution in [2.75, 3.05) is 25.1 Å². The number of aliphatic hydroxyl groups is 1. The predicted molar refractivity (Wildman–Crippen MR) is 67.2 cm³/mol. The van der Waals surface area contributed by atoms with E-state index in [4.69, 9.17) is 5.11 Å². The van der Waals surface area contributed by atoms with Crippen LogP contribution in [0.15, 0.2) is 18.3 Å². The van der Waals surface area contributed by atoms with Crippen molar-refractivity contribution in [1.29, 1.82) is 0 Å². The van der Waals surface area contributed by atoms with Crippen LogP contribution in [0.2, 0.25) is 0 Å². The topological polar surface area (TPSA) is 78.1 Å². The summed E-state index contributed by atoms with van der Waals surface area (Å²) in [5, 5.41) is 18.1. The third-order valence-corrected chi connectivity index (χ3v) is 2.86. The van der Waals surface area contributed by atoms with Crippen LogP contribution in [0.5, 0.6) is 0 Å². The molecule has 0 aliphatic rings. The minimum Gasteiger partial charge on any atom is -0.477 e. The normalized spacial score (nSPS) is 10.8. The Morgan fingerprint density at radius 2 is 2.22 bits per heavy atom. The second kappa shape index (κ2) is 4.66. The summed E-state index contributed by atoms with van der Waals surface area (Å²) in [5.74, 6) is -0.998. The van der Waals surface area contributed by atoms with Gasteiger partial charge in [-0.05, 0) is 19.1 Å². The zero-order valence-electron chi connectivity index (χ0n) is 10.3. The third kappa shape index (κ3) is 2.02. The second-order valence-electron chi connectivity index (χ2n) is 4.11. The molecule has 6 heteroatoms. The van der Waals surface area contributed by atoms with Gasteiger partial charge in [0.1, 0.15) is 5.65 Å². The van der Waals surface area contributed by atoms with E-state index >= 15 is 0 Å². The van der Waals surface area contributed by atoms with Crippen LogP contribution in [0, 0.1) is 6.92 Å². The van der Waals surface area contributed by atoms with Crippen molar-refractivity contribution in [1.82, 2.24) is 9.38 Å². The SMILES string of the molecule is Cc1nc2ccc(N(C)CCO)cn2c1C(=O)O. The van der Waals surface area contributed by atoms with Gasteiger partial charge in [0.25, 0.3) is 0 Å². The van der Waals surface area contributed by atoms with Crippen LogP contribution in [0.25, 0.3) is 5.65 Å². The average molecular weight is 249 g/mol. The lowest BCUT2D eigenvalue weighted by atomic mass is 10.3. The molecular weight excluding hydrogens is 234 g/mol. The first-order chi connectivity index (χ1) is 8.54. The molecule has 0 aromatic carbocycles. The molecule has 0 amide bonds. The molecule has 0 unspecified atom stereocenters. The van der Waals surface area contributed by atoms with Crippen LogP contribution < -0.4 is 4.90 Å². The molecular formula is C12H15N3O3. The number of carbonyl (C=O) groups is 1. The van der Waals surface area contributed by atoms with E-state index < -0.39 is 5.97 Å². The smallest absolute Gasteiger partial charge is 0.354 e. The van der Waals surface area contributed by atoms with E-state index in [1.54, 1.807) is 23.6 Å². The van der Waals surface area contributed by atoms with Crippen LogP contribution >= 0.6 is 0 Å². The van der Waals surface area contributed by atoms with Crippen LogP contribution in [0.3, 0.4) is 0 Å². The molecule has 2 rings (SSSR count). The summed E-state index contributed by atoms with van der Waals surface area (Å²) in [7, 11) is 1.83. The van der Waals surface area contributed by atoms with Crippen molar-refractivity contribution in [3.8, 4) is 0 Å². The number of aromatic nitrogens is 2. The summed E-state index contributed by atoms with van der Waals surface area (Å²) in [6.45, 7) is 2.21. The van der Waals surface area contributed by atoms with E-state index in [1.807, 2.05) is 18.0 Å². The van der Waals surface area contributed by atoms with Gasteiger partial charge < -0.3 is 15.1 Å². The molecule has 2 N–H and O–H groups in total. The maximum absolute atomic E-state index is 11.2. The molecule has 0 bridgehead atoms. The highest BCUT2D eigenvalue weighted by Crippen LogP contribution is 2.18. The molecule has 6 nitrogen and oxygen atoms in total. The lowest BCUT2D eigenvalue weighted by Gasteiger charge is -2.17. The molecule has 2 aromatic heterocycles. The summed E-state index contributed by atoms with van der Waals surface area (Å²) in [6.07, 6.45) is 1.72. The van der Waals surface area contributed by atoms with E-state index in [2.05, 4.69) is 4.98 Å². The monoisotopic (exact) mass is 249 g/mol. The van der Waals surface area contributed by atoms with E-state index in [-0.39, 0.29) is 12.3 Å². The van der Waals surface area contributed by atoms with E-state index in [0.717, 1.165) is 5.69 Å². The molecule has 0 saturated carbocycles. The molecule has 0 atom stereocenters. The van der Waals surface area contributed by atoms with Crippen LogP contribution in [-0.4, -0.2) is 45.8 Å². The highest BCUT2D eigenvalue weighted by Gasteiger charge is 2.15. The predicted octanol–water partition coefficient (Wildman–Crippen LogP) is 0.769. The molecule has 0 aliphatic heterocycles. The second-order valence-corrected chi connectivity index (χ2v) is 4.11. The number of hydrogen-bond donors (Lipinski definition) is 2. The molecule has 96 valence electrons. The van der Waals surface area contributed by atoms with Crippen LogP contribution in [0.4, 0.5) is 5.69 Å². The summed E-state index contributed by atoms with van der Waals surface area (Å²) in [5.41, 5.74) is 2.09. The molecule has 0 saturated heterocycles. The number of nitrogens with zero attached hydrogens (tertiary/aromatic N) is 3. The van der Waals surface area contributed by atoms with Gasteiger partial charge in [0.15, 0.2) is 5.69 Å². The lowest BCUT2D eigenvalue weighted by molar-refractivity contribution is 0.0688. The maximum atomic E-state index is 11.2. The zero-order chi connectivity index (χ0) is 13.3. The Morgan fingerprint density at radius 1 is 1.50 bits per heavy atom. The van der Waals surface area contributed by atoms with E-state index in [9.17, 15) is 9.90 Å². The van der Waals surface area contributed by atoms with Gasteiger partial charge in [-0.15, -0.1) is 0 Å². The number of aliphatic hydroxyl groups excluding tert-OH is 1. The first-order valence-corrected chi connectivity index (χ1v) is 5.58. The molecule has 18 heavy (non-hydrogen) atoms. The van der Waals surface area contributed by atoms with Crippen molar-refractivity contribution in [3.63, 3.8) is 0 Å². The quantitative estimate of drug-likeness (QED) is 0.836. The number of aryl methyl sites for hydroxylation is 1. The Bertz CT molecular complexity index is 592. The standard InChI is InChI=1S/C12H15N3O3/c1-8-11(12(17)18)15-7-9(14(2)5-6-16)3-4-10(15)13-8/h3-4,7,16H,5-6H2,1-2H3,(H,17,18). The van der Waals surface area contributed by atoms with Crippen molar-refractivity contribution < 1.29 is 15.0 Å². The number of hydrogen-bond acceptors (Lipinski definition) is 4. The molecule has 2 heterocycles. The Hall–Kier alpha value is -2.08. The molecule has 2 aromatic rings. The van der Waals surface area contributed by atoms with Crippen LogP contribution in [0.1, 0.15) is 16.2 Å². The number of pyridine rings is 1. The number of fused-ring (bicyclic) bond motifs is 1. The fourth-order valence-electron chi connectivity index (χ4n) is 1.91. The maximum Gasteiger partial charge on any atom is 0.354 e. The van der Waals surface area contributed by atoms with Gasteiger partial charge >= 0.3 is 5.97 Å². The lowest BCUT2D eigenvalue weighted by Crippen LogP contribution is -2.21. The van der Waals surface area contributed by atoms with Crippen molar-refractivity contribution in [2.45, 2.75) is 6.92 Å². The minimum absolute atomic E-state index is 0.0449. The van der Waals surface area contributed by atoms with Crippen molar-refractivity contribution >= 4 is 17.3 Å². The van der Waals surface area contributed by atoms with Gasteiger partial charge in [0, 0.05) is 19.8 Å². The largest absolute Gasteiger partial charge is 0.477 e. The Morgan fingerprint density at radius 3 is 2.83 bits per heavy atom. The highest BCUT2D eigenvalue weighted by molar-refractivity contribution is 5.88. The number of carboxylic acid groups (broad SMARTS) is 1. The molecule has 0 radical (unpaired) electrons. The molecule has 0 spiro atoms. The number of carboxylic acids is 1. The zero-order valence-corrected chi connectivity index (χ0v) is 10.3. The fraction of sp³-hybridized carbons (Fsp3) is 0.333. The summed E-state index contributed by atoms with van der Waals surface area (Å²) in [4.78, 5) is 17.2. The molecule has 0 fully saturated rings. The first kappa shape index (κ1) is 12.4. The average Bonchev–Trinajstić information content (AvgIpc) is 2.64. The van der Waals surface area contributed by atoms with Gasteiger partial charge in [-0.25, -0.2) is 9.78 Å². The fourth-order valence-corrected chi connectivity index (χ4v) is 1.91. The number of rotatable bonds is 4. The number of likely N-dealkylation sites (N-methyl/N-ethyl adjacent to an activating group) is 1. The van der Waals surface area contributed by atoms with Crippen molar-refractivity contribution in [2.24, 2.45) is 0 Å². The summed E-state index contributed by atoms with van der Waals surface area (Å²) >= 11 is 0. The Balaban J connectivity index is 2.55. The Kier molecular flexibility index (Phi) is 3.20. The highest BCUT2D eigenvalue weighted by atomic mass is 16.4. The number of imidazole rings is 1. The van der Waals surface area contributed by atoms with Gasteiger partial charge in [-0.2, -0.15) is 0 Å². The number of anilines is 1. The Labute approximate surface area is 104 Å². The van der Waals surface area contributed by atoms with Gasteiger partial charge in [-0.3, -0.25) is 4.40 Å². The molecule has 0 aliphatic carbocycles. The summed E-state index contributed by atoms with van der Waals surface area (Å²) in [6, 6.07) is 3.62. The van der Waals surface area contributed by atoms with E-state index in [0.29, 0.717) is 17.9 Å². The van der Waals surface area contributed by atoms with Gasteiger partial charge in [0.05, 0.1) is 18.0 Å². The number of aromatic carboxylic acids is 1. The van der Waals surface area contributed by atoms with E-state index in [1.165, 1.54) is 0 Å². The first-order valence-electron chi connectivity index (χ1n) is 5.58. The minimum atomic E-state index is -0.998. The van der Waals surface area contributed by atoms with Gasteiger partial charge in [0.2, 0.25) is 0 Å². The van der Waals surface area contributed by atoms with Gasteiger partial charge in [-0.1, -0.05) is 0 Å². The summed E-state index contributed by atoms with van der Waals surface area (Å²) < 4.78 is 1.56. The third-order valence-electron chi connectivity index (χ3n) is 2.86.